The molecule has 2 aromatic carbocycles. The molecule has 2 aromatic heterocycles. The van der Waals surface area contributed by atoms with E-state index in [1.807, 2.05) is 9.44 Å². The second-order valence-electron chi connectivity index (χ2n) is 16.6. The summed E-state index contributed by atoms with van der Waals surface area (Å²) >= 11 is 0. The molecule has 0 unspecified atom stereocenters. The van der Waals surface area contributed by atoms with Crippen molar-refractivity contribution in [1.29, 1.82) is 0 Å². The Morgan fingerprint density at radius 1 is 0.422 bits per heavy atom. The third-order valence-electron chi connectivity index (χ3n) is 11.2. The Bertz CT molecular complexity index is 2180. The lowest BCUT2D eigenvalue weighted by Gasteiger charge is -2.07. The lowest BCUT2D eigenvalue weighted by molar-refractivity contribution is 0.0976. The number of carbonyl (C=O) groups is 2. The number of nitrogens with zero attached hydrogens (tertiary/aromatic N) is 4. The van der Waals surface area contributed by atoms with Gasteiger partial charge in [-0.2, -0.15) is 0 Å². The molecule has 2 aliphatic heterocycles. The number of fused-ring (bicyclic) bond motifs is 2. The molecular weight excluding hydrogens is 845 g/mol. The molecule has 2 amide bonds. The Hall–Kier alpha value is -4.82. The van der Waals surface area contributed by atoms with Crippen LogP contribution >= 0.6 is 0 Å². The quantitative estimate of drug-likeness (QED) is 0.0630. The molecule has 0 bridgehead atoms. The van der Waals surface area contributed by atoms with Crippen LogP contribution in [-0.4, -0.2) is 50.9 Å². The predicted molar refractivity (Wildman–Crippen MR) is 256 cm³/mol. The fourth-order valence-corrected chi connectivity index (χ4v) is 9.84. The Kier molecular flexibility index (Phi) is 23.4. The van der Waals surface area contributed by atoms with Crippen LogP contribution in [0.4, 0.5) is 0 Å². The molecule has 350 valence electrons. The number of rotatable bonds is 25. The molecular formula is C50H72N6O6S2. The van der Waals surface area contributed by atoms with E-state index in [0.717, 1.165) is 36.9 Å². The maximum Gasteiger partial charge on any atom is 0.266 e. The molecule has 0 spiro atoms. The van der Waals surface area contributed by atoms with E-state index in [-0.39, 0.29) is 20.9 Å². The van der Waals surface area contributed by atoms with Crippen LogP contribution in [-0.2, 0) is 33.1 Å². The molecule has 4 heterocycles. The number of unbranched alkanes of at least 4 members (excludes halogenated alkanes) is 17. The summed E-state index contributed by atoms with van der Waals surface area (Å²) in [5, 5.41) is 2.27. The van der Waals surface area contributed by atoms with Crippen LogP contribution in [0.3, 0.4) is 0 Å². The van der Waals surface area contributed by atoms with Crippen molar-refractivity contribution in [1.82, 2.24) is 18.6 Å². The van der Waals surface area contributed by atoms with Gasteiger partial charge in [-0.05, 0) is 74.2 Å². The van der Waals surface area contributed by atoms with Crippen molar-refractivity contribution in [2.45, 2.75) is 165 Å². The molecule has 0 atom stereocenters. The van der Waals surface area contributed by atoms with Gasteiger partial charge in [0.1, 0.15) is 9.79 Å². The van der Waals surface area contributed by atoms with Gasteiger partial charge < -0.3 is 9.13 Å². The molecule has 0 saturated heterocycles. The van der Waals surface area contributed by atoms with Gasteiger partial charge in [0.15, 0.2) is 0 Å². The summed E-state index contributed by atoms with van der Waals surface area (Å²) in [6, 6.07) is 20.9. The average molecular weight is 917 g/mol. The Morgan fingerprint density at radius 2 is 0.734 bits per heavy atom. The van der Waals surface area contributed by atoms with E-state index in [4.69, 9.17) is 9.98 Å². The highest BCUT2D eigenvalue weighted by Crippen LogP contribution is 2.22. The average Bonchev–Trinajstić information content (AvgIpc) is 3.69. The molecule has 12 nitrogen and oxygen atoms in total. The van der Waals surface area contributed by atoms with Gasteiger partial charge in [0.25, 0.3) is 31.9 Å². The normalized spacial score (nSPS) is 13.9. The monoisotopic (exact) mass is 916 g/mol. The minimum atomic E-state index is -3.55. The highest BCUT2D eigenvalue weighted by atomic mass is 32.2. The number of nitrogens with one attached hydrogen (secondary N) is 2. The first-order chi connectivity index (χ1) is 31.0. The molecule has 0 radical (unpaired) electrons. The Morgan fingerprint density at radius 3 is 1.08 bits per heavy atom. The first kappa shape index (κ1) is 51.8. The zero-order chi connectivity index (χ0) is 45.9. The molecule has 2 N–H and O–H groups in total. The Balaban J connectivity index is 0.000000296. The lowest BCUT2D eigenvalue weighted by atomic mass is 10.1. The van der Waals surface area contributed by atoms with E-state index in [1.165, 1.54) is 153 Å². The first-order valence-corrected chi connectivity index (χ1v) is 26.7. The highest BCUT2D eigenvalue weighted by Gasteiger charge is 2.32. The summed E-state index contributed by atoms with van der Waals surface area (Å²) in [5.74, 6) is -1.10. The zero-order valence-electron chi connectivity index (χ0n) is 38.3. The van der Waals surface area contributed by atoms with Crippen molar-refractivity contribution < 1.29 is 26.4 Å². The number of aryl methyl sites for hydroxylation is 2. The molecule has 64 heavy (non-hydrogen) atoms. The van der Waals surface area contributed by atoms with Gasteiger partial charge in [-0.15, -0.1) is 0 Å². The van der Waals surface area contributed by atoms with Crippen molar-refractivity contribution in [3.8, 4) is 0 Å². The van der Waals surface area contributed by atoms with Gasteiger partial charge in [0, 0.05) is 51.0 Å². The van der Waals surface area contributed by atoms with Gasteiger partial charge in [0.05, 0.1) is 21.8 Å². The summed E-state index contributed by atoms with van der Waals surface area (Å²) in [4.78, 5) is 31.6. The number of hydrogen-bond donors (Lipinski definition) is 2. The van der Waals surface area contributed by atoms with Crippen LogP contribution in [0.2, 0.25) is 0 Å². The second-order valence-corrected chi connectivity index (χ2v) is 19.9. The van der Waals surface area contributed by atoms with Crippen molar-refractivity contribution in [2.24, 2.45) is 9.98 Å². The lowest BCUT2D eigenvalue weighted by Crippen LogP contribution is -2.20. The number of amides is 2. The van der Waals surface area contributed by atoms with Gasteiger partial charge in [-0.1, -0.05) is 141 Å². The minimum Gasteiger partial charge on any atom is -0.354 e. The first-order valence-electron chi connectivity index (χ1n) is 23.7. The van der Waals surface area contributed by atoms with E-state index in [1.54, 1.807) is 24.3 Å². The number of pyridine rings is 2. The SMILES string of the molecule is CCCCCCCCN=c1ccn(CCCCCCCCCCn2ccc(=NCCCCCCCC)cc2)cc1.O=C1NS(=O)(=O)c2ccccc21.O=C1NS(=O)(=O)c2ccccc21. The zero-order valence-corrected chi connectivity index (χ0v) is 39.9. The van der Waals surface area contributed by atoms with Crippen LogP contribution in [0.25, 0.3) is 0 Å². The second kappa shape index (κ2) is 28.9. The maximum absolute atomic E-state index is 11.1. The predicted octanol–water partition coefficient (Wildman–Crippen LogP) is 9.87. The number of hydrogen-bond acceptors (Lipinski definition) is 8. The van der Waals surface area contributed by atoms with E-state index < -0.39 is 31.9 Å². The third-order valence-corrected chi connectivity index (χ3v) is 14.0. The maximum atomic E-state index is 11.1. The molecule has 0 saturated carbocycles. The highest BCUT2D eigenvalue weighted by molar-refractivity contribution is 7.91. The largest absolute Gasteiger partial charge is 0.354 e. The number of benzene rings is 2. The van der Waals surface area contributed by atoms with E-state index in [9.17, 15) is 26.4 Å². The molecule has 2 aliphatic rings. The number of sulfonamides is 2. The van der Waals surface area contributed by atoms with Crippen molar-refractivity contribution in [2.75, 3.05) is 13.1 Å². The van der Waals surface area contributed by atoms with Crippen LogP contribution in [0.15, 0.2) is 117 Å². The smallest absolute Gasteiger partial charge is 0.266 e. The summed E-state index contributed by atoms with van der Waals surface area (Å²) < 4.78 is 52.9. The summed E-state index contributed by atoms with van der Waals surface area (Å²) in [6.07, 6.45) is 35.5. The van der Waals surface area contributed by atoms with Crippen molar-refractivity contribution in [3.63, 3.8) is 0 Å². The van der Waals surface area contributed by atoms with Crippen molar-refractivity contribution >= 4 is 31.9 Å². The number of carbonyl (C=O) groups excluding carboxylic acids is 2. The fraction of sp³-hybridized carbons (Fsp3) is 0.520. The number of aromatic nitrogens is 2. The van der Waals surface area contributed by atoms with Gasteiger partial charge >= 0.3 is 0 Å². The molecule has 14 heteroatoms. The van der Waals surface area contributed by atoms with E-state index in [0.29, 0.717) is 0 Å². The van der Waals surface area contributed by atoms with E-state index in [2.05, 4.69) is 72.0 Å². The summed E-state index contributed by atoms with van der Waals surface area (Å²) in [6.45, 7) is 8.74. The van der Waals surface area contributed by atoms with Gasteiger partial charge in [-0.25, -0.2) is 26.3 Å². The molecule has 4 aromatic rings. The van der Waals surface area contributed by atoms with Crippen LogP contribution in [0, 0.1) is 0 Å². The topological polar surface area (TPSA) is 161 Å². The molecule has 6 rings (SSSR count). The van der Waals surface area contributed by atoms with Crippen molar-refractivity contribution in [3.05, 3.63) is 119 Å². The molecule has 0 fully saturated rings. The van der Waals surface area contributed by atoms with E-state index >= 15 is 0 Å². The standard InChI is InChI=1S/C36H62N4.2C7H5NO3S/c1-3-5-7-9-15-19-27-37-35-23-31-39(32-24-35)29-21-17-13-11-12-14-18-22-30-40-33-25-36(26-34-40)38-28-20-16-10-8-6-4-2;2*9-7-5-3-1-2-4-6(5)12(10,11)8-7/h23-26,31-34H,3-22,27-30H2,1-2H3;2*1-4H,(H,8,9). The van der Waals surface area contributed by atoms with Crippen LogP contribution in [0.1, 0.15) is 163 Å². The molecule has 0 aliphatic carbocycles. The summed E-state index contributed by atoms with van der Waals surface area (Å²) in [5.41, 5.74) is 0.440. The van der Waals surface area contributed by atoms with Gasteiger partial charge in [0.2, 0.25) is 0 Å². The van der Waals surface area contributed by atoms with Crippen LogP contribution < -0.4 is 20.2 Å². The third kappa shape index (κ3) is 18.7. The fourth-order valence-electron chi connectivity index (χ4n) is 7.50. The summed E-state index contributed by atoms with van der Waals surface area (Å²) in [7, 11) is -7.11. The Labute approximate surface area is 382 Å². The minimum absolute atomic E-state index is 0.0648. The van der Waals surface area contributed by atoms with Gasteiger partial charge in [-0.3, -0.25) is 19.6 Å². The van der Waals surface area contributed by atoms with Crippen LogP contribution in [0.5, 0.6) is 0 Å².